The van der Waals surface area contributed by atoms with Gasteiger partial charge in [-0.2, -0.15) is 0 Å². The van der Waals surface area contributed by atoms with Crippen molar-refractivity contribution >= 4 is 11.8 Å². The molecule has 2 heterocycles. The zero-order chi connectivity index (χ0) is 37.1. The van der Waals surface area contributed by atoms with E-state index in [-0.39, 0.29) is 43.5 Å². The predicted molar refractivity (Wildman–Crippen MR) is 199 cm³/mol. The minimum Gasteiger partial charge on any atom is -0.487 e. The van der Waals surface area contributed by atoms with E-state index in [1.165, 1.54) is 7.11 Å². The molecule has 2 aromatic rings. The summed E-state index contributed by atoms with van der Waals surface area (Å²) in [6.45, 7) is 11.5. The lowest BCUT2D eigenvalue weighted by atomic mass is 9.55. The summed E-state index contributed by atoms with van der Waals surface area (Å²) in [6, 6.07) is 11.2. The first kappa shape index (κ1) is 39.3. The van der Waals surface area contributed by atoms with Crippen LogP contribution in [0.2, 0.25) is 0 Å². The van der Waals surface area contributed by atoms with Gasteiger partial charge in [0.05, 0.1) is 31.0 Å². The van der Waals surface area contributed by atoms with Crippen LogP contribution in [-0.4, -0.2) is 83.8 Å². The van der Waals surface area contributed by atoms with Crippen LogP contribution in [0, 0.1) is 24.7 Å². The van der Waals surface area contributed by atoms with Gasteiger partial charge >= 0.3 is 6.09 Å². The van der Waals surface area contributed by atoms with Gasteiger partial charge < -0.3 is 34.0 Å². The molecule has 1 amide bonds. The highest BCUT2D eigenvalue weighted by Gasteiger charge is 2.65. The zero-order valence-corrected chi connectivity index (χ0v) is 31.3. The molecular formula is C41H57N3O8. The average molecular weight is 720 g/mol. The summed E-state index contributed by atoms with van der Waals surface area (Å²) in [5.41, 5.74) is 4.52. The van der Waals surface area contributed by atoms with Gasteiger partial charge in [-0.05, 0) is 93.7 Å². The lowest BCUT2D eigenvalue weighted by molar-refractivity contribution is -0.255. The number of fused-ring (bicyclic) bond motifs is 2. The van der Waals surface area contributed by atoms with Gasteiger partial charge in [-0.1, -0.05) is 43.1 Å². The van der Waals surface area contributed by atoms with Crippen LogP contribution in [0.5, 0.6) is 11.5 Å². The normalized spacial score (nSPS) is 25.3. The van der Waals surface area contributed by atoms with Gasteiger partial charge in [-0.15, -0.1) is 6.58 Å². The second-order valence-electron chi connectivity index (χ2n) is 13.9. The standard InChI is InChI=1S/C41H57N3O8/c1-6-20-44(40(47)48-5)37-26-35(43-51-8-3)33-24-29(15-9-11-21-45)32(17-10-12-22-46)38-34-25-31(49-27-30-16-13-14-28(4)42-30)18-19-36(34)52-41(37,39(33)38)50-23-7-2/h7,13-14,16,18-19,24-25,29,32,37-39,45-46H,2,6,8-12,15,17,20-23,26-27H2,1,3-5H3. The minimum absolute atomic E-state index is 0.117. The first-order chi connectivity index (χ1) is 25.3. The molecule has 2 N–H and O–H groups in total. The number of rotatable bonds is 19. The Kier molecular flexibility index (Phi) is 14.1. The van der Waals surface area contributed by atoms with Gasteiger partial charge in [0.25, 0.3) is 0 Å². The molecular weight excluding hydrogens is 662 g/mol. The fourth-order valence-electron chi connectivity index (χ4n) is 8.45. The molecule has 1 fully saturated rings. The predicted octanol–water partition coefficient (Wildman–Crippen LogP) is 7.10. The molecule has 5 rings (SSSR count). The van der Waals surface area contributed by atoms with E-state index in [9.17, 15) is 15.0 Å². The first-order valence-electron chi connectivity index (χ1n) is 19.0. The number of hydrogen-bond donors (Lipinski definition) is 2. The molecule has 284 valence electrons. The van der Waals surface area contributed by atoms with Crippen LogP contribution >= 0.6 is 0 Å². The Hall–Kier alpha value is -3.93. The van der Waals surface area contributed by atoms with Gasteiger partial charge in [-0.3, -0.25) is 9.88 Å². The SMILES string of the molecule is C=CCOC12Oc3ccc(OCc4cccc(C)n4)cc3C3C(CCCCO)C(CCCCO)C=C(C(=NOCC)CC1N(CCC)C(=O)OC)C32. The molecule has 6 atom stereocenters. The van der Waals surface area contributed by atoms with Gasteiger partial charge in [0.15, 0.2) is 0 Å². The topological polar surface area (TPSA) is 132 Å². The highest BCUT2D eigenvalue weighted by atomic mass is 16.7. The van der Waals surface area contributed by atoms with E-state index in [1.807, 2.05) is 51.1 Å². The van der Waals surface area contributed by atoms with Crippen molar-refractivity contribution in [2.75, 3.05) is 40.1 Å². The summed E-state index contributed by atoms with van der Waals surface area (Å²) in [6.07, 6.45) is 9.43. The highest BCUT2D eigenvalue weighted by Crippen LogP contribution is 2.62. The Morgan fingerprint density at radius 3 is 2.62 bits per heavy atom. The summed E-state index contributed by atoms with van der Waals surface area (Å²) in [7, 11) is 1.40. The molecule has 0 radical (unpaired) electrons. The fraction of sp³-hybridized carbons (Fsp3) is 0.585. The van der Waals surface area contributed by atoms with Gasteiger partial charge in [-0.25, -0.2) is 4.79 Å². The number of aromatic nitrogens is 1. The number of carbonyl (C=O) groups excluding carboxylic acids is 1. The number of carbonyl (C=O) groups is 1. The molecule has 1 saturated carbocycles. The third-order valence-corrected chi connectivity index (χ3v) is 10.5. The summed E-state index contributed by atoms with van der Waals surface area (Å²) in [5.74, 6) is -0.207. The van der Waals surface area contributed by atoms with Gasteiger partial charge in [0.1, 0.15) is 30.8 Å². The third-order valence-electron chi connectivity index (χ3n) is 10.5. The number of amides is 1. The van der Waals surface area contributed by atoms with Crippen molar-refractivity contribution in [3.05, 3.63) is 77.7 Å². The number of oxime groups is 1. The molecule has 1 aromatic carbocycles. The summed E-state index contributed by atoms with van der Waals surface area (Å²) >= 11 is 0. The second kappa shape index (κ2) is 18.7. The molecule has 11 heteroatoms. The number of nitrogens with zero attached hydrogens (tertiary/aromatic N) is 3. The Morgan fingerprint density at radius 1 is 1.13 bits per heavy atom. The maximum atomic E-state index is 13.6. The molecule has 2 aliphatic carbocycles. The molecule has 1 aliphatic heterocycles. The van der Waals surface area contributed by atoms with E-state index >= 15 is 0 Å². The molecule has 6 unspecified atom stereocenters. The van der Waals surface area contributed by atoms with E-state index in [0.717, 1.165) is 53.9 Å². The molecule has 52 heavy (non-hydrogen) atoms. The number of aryl methyl sites for hydroxylation is 1. The van der Waals surface area contributed by atoms with Crippen LogP contribution in [0.1, 0.15) is 88.1 Å². The van der Waals surface area contributed by atoms with E-state index in [4.69, 9.17) is 28.9 Å². The van der Waals surface area contributed by atoms with E-state index in [2.05, 4.69) is 23.7 Å². The molecule has 1 aromatic heterocycles. The molecule has 3 aliphatic rings. The monoisotopic (exact) mass is 719 g/mol. The van der Waals surface area contributed by atoms with Crippen LogP contribution in [0.4, 0.5) is 4.79 Å². The number of hydrogen-bond acceptors (Lipinski definition) is 10. The maximum Gasteiger partial charge on any atom is 0.409 e. The van der Waals surface area contributed by atoms with Gasteiger partial charge in [0, 0.05) is 43.4 Å². The van der Waals surface area contributed by atoms with Crippen molar-refractivity contribution in [3.63, 3.8) is 0 Å². The van der Waals surface area contributed by atoms with Crippen molar-refractivity contribution in [3.8, 4) is 11.5 Å². The Balaban J connectivity index is 1.73. The smallest absolute Gasteiger partial charge is 0.409 e. The molecule has 0 saturated heterocycles. The number of allylic oxidation sites excluding steroid dienone is 1. The Labute approximate surface area is 308 Å². The number of ether oxygens (including phenoxy) is 4. The maximum absolute atomic E-state index is 13.6. The summed E-state index contributed by atoms with van der Waals surface area (Å²) in [5, 5.41) is 24.3. The van der Waals surface area contributed by atoms with E-state index in [0.29, 0.717) is 56.9 Å². The summed E-state index contributed by atoms with van der Waals surface area (Å²) < 4.78 is 25.9. The van der Waals surface area contributed by atoms with Gasteiger partial charge in [0.2, 0.25) is 5.79 Å². The Morgan fingerprint density at radius 2 is 1.92 bits per heavy atom. The highest BCUT2D eigenvalue weighted by molar-refractivity contribution is 6.02. The number of methoxy groups -OCH3 is 1. The number of aliphatic hydroxyl groups is 2. The molecule has 0 spiro atoms. The molecule has 0 bridgehead atoms. The van der Waals surface area contributed by atoms with Crippen LogP contribution in [-0.2, 0) is 20.9 Å². The largest absolute Gasteiger partial charge is 0.487 e. The number of unbranched alkanes of at least 4 members (excludes halogenated alkanes) is 2. The van der Waals surface area contributed by atoms with E-state index in [1.54, 1.807) is 11.0 Å². The van der Waals surface area contributed by atoms with E-state index < -0.39 is 17.9 Å². The van der Waals surface area contributed by atoms with Crippen LogP contribution < -0.4 is 9.47 Å². The number of benzene rings is 1. The second-order valence-corrected chi connectivity index (χ2v) is 13.9. The fourth-order valence-corrected chi connectivity index (χ4v) is 8.45. The average Bonchev–Trinajstić information content (AvgIpc) is 3.15. The van der Waals surface area contributed by atoms with Crippen molar-refractivity contribution in [1.82, 2.24) is 9.88 Å². The Bertz CT molecular complexity index is 1560. The zero-order valence-electron chi connectivity index (χ0n) is 31.3. The van der Waals surface area contributed by atoms with Crippen molar-refractivity contribution in [2.45, 2.75) is 96.5 Å². The third kappa shape index (κ3) is 8.48. The lowest BCUT2D eigenvalue weighted by Gasteiger charge is -2.59. The summed E-state index contributed by atoms with van der Waals surface area (Å²) in [4.78, 5) is 25.7. The quantitative estimate of drug-likeness (QED) is 0.0887. The van der Waals surface area contributed by atoms with Crippen molar-refractivity contribution in [1.29, 1.82) is 0 Å². The number of aliphatic hydroxyl groups excluding tert-OH is 2. The van der Waals surface area contributed by atoms with Crippen molar-refractivity contribution in [2.24, 2.45) is 22.9 Å². The van der Waals surface area contributed by atoms with Crippen LogP contribution in [0.25, 0.3) is 0 Å². The van der Waals surface area contributed by atoms with Crippen molar-refractivity contribution < 1.29 is 38.8 Å². The van der Waals surface area contributed by atoms with Crippen LogP contribution in [0.3, 0.4) is 0 Å². The number of pyridine rings is 1. The first-order valence-corrected chi connectivity index (χ1v) is 19.0. The van der Waals surface area contributed by atoms with Crippen LogP contribution in [0.15, 0.2) is 65.9 Å². The minimum atomic E-state index is -1.31. The molecule has 11 nitrogen and oxygen atoms in total. The lowest BCUT2D eigenvalue weighted by Crippen LogP contribution is -2.70.